The average molecular weight is 395 g/mol. The Kier molecular flexibility index (Phi) is 6.17. The Morgan fingerprint density at radius 2 is 1.70 bits per heavy atom. The number of nitrogens with one attached hydrogen (secondary N) is 1. The molecule has 0 fully saturated rings. The van der Waals surface area contributed by atoms with Crippen LogP contribution < -0.4 is 9.46 Å². The fraction of sp³-hybridized carbons (Fsp3) is 0.200. The van der Waals surface area contributed by atoms with Crippen molar-refractivity contribution in [3.8, 4) is 5.75 Å². The van der Waals surface area contributed by atoms with Gasteiger partial charge < -0.3 is 4.74 Å². The zero-order chi connectivity index (χ0) is 17.0. The Morgan fingerprint density at radius 3 is 2.35 bits per heavy atom. The van der Waals surface area contributed by atoms with E-state index >= 15 is 0 Å². The largest absolute Gasteiger partial charge is 0.492 e. The molecule has 124 valence electrons. The molecule has 0 amide bonds. The molecule has 0 aliphatic rings. The van der Waals surface area contributed by atoms with E-state index < -0.39 is 10.0 Å². The molecule has 0 aliphatic heterocycles. The van der Waals surface area contributed by atoms with Gasteiger partial charge in [-0.1, -0.05) is 40.9 Å². The van der Waals surface area contributed by atoms with E-state index in [2.05, 4.69) is 4.72 Å². The molecular formula is C15H14Cl3NO3S. The quantitative estimate of drug-likeness (QED) is 0.783. The second-order valence-corrected chi connectivity index (χ2v) is 7.60. The standard InChI is InChI=1S/C15H14Cl3NO3S/c1-2-22-14-6-5-12(17)8-15(14)23(20,21)19-9-10-3-4-11(16)7-13(10)18/h3-8,19H,2,9H2,1H3. The average Bonchev–Trinajstić information content (AvgIpc) is 2.48. The molecule has 0 saturated carbocycles. The summed E-state index contributed by atoms with van der Waals surface area (Å²) in [5.41, 5.74) is 0.611. The number of benzene rings is 2. The van der Waals surface area contributed by atoms with Crippen molar-refractivity contribution in [3.63, 3.8) is 0 Å². The number of ether oxygens (including phenoxy) is 1. The maximum Gasteiger partial charge on any atom is 0.244 e. The summed E-state index contributed by atoms with van der Waals surface area (Å²) < 4.78 is 32.9. The summed E-state index contributed by atoms with van der Waals surface area (Å²) in [5.74, 6) is 0.242. The van der Waals surface area contributed by atoms with Crippen LogP contribution in [0.25, 0.3) is 0 Å². The molecule has 0 saturated heterocycles. The van der Waals surface area contributed by atoms with Gasteiger partial charge in [0.15, 0.2) is 0 Å². The van der Waals surface area contributed by atoms with Gasteiger partial charge in [-0.05, 0) is 42.8 Å². The Labute approximate surface area is 150 Å². The highest BCUT2D eigenvalue weighted by atomic mass is 35.5. The van der Waals surface area contributed by atoms with E-state index in [1.54, 1.807) is 31.2 Å². The summed E-state index contributed by atoms with van der Waals surface area (Å²) in [6, 6.07) is 9.30. The second-order valence-electron chi connectivity index (χ2n) is 4.58. The van der Waals surface area contributed by atoms with Crippen molar-refractivity contribution in [1.29, 1.82) is 0 Å². The highest BCUT2D eigenvalue weighted by Crippen LogP contribution is 2.28. The summed E-state index contributed by atoms with van der Waals surface area (Å²) in [4.78, 5) is -0.0167. The van der Waals surface area contributed by atoms with Gasteiger partial charge in [0.1, 0.15) is 10.6 Å². The number of sulfonamides is 1. The molecule has 0 aromatic heterocycles. The van der Waals surface area contributed by atoms with Crippen LogP contribution in [-0.4, -0.2) is 15.0 Å². The minimum atomic E-state index is -3.81. The summed E-state index contributed by atoms with van der Waals surface area (Å²) in [5, 5.41) is 1.17. The lowest BCUT2D eigenvalue weighted by molar-refractivity contribution is 0.331. The van der Waals surface area contributed by atoms with E-state index in [1.807, 2.05) is 0 Å². The van der Waals surface area contributed by atoms with E-state index in [9.17, 15) is 8.42 Å². The molecular weight excluding hydrogens is 381 g/mol. The third kappa shape index (κ3) is 4.75. The SMILES string of the molecule is CCOc1ccc(Cl)cc1S(=O)(=O)NCc1ccc(Cl)cc1Cl. The van der Waals surface area contributed by atoms with E-state index in [-0.39, 0.29) is 17.2 Å². The first-order valence-corrected chi connectivity index (χ1v) is 9.31. The summed E-state index contributed by atoms with van der Waals surface area (Å²) in [6.07, 6.45) is 0. The Hall–Kier alpha value is -0.980. The van der Waals surface area contributed by atoms with E-state index in [0.717, 1.165) is 0 Å². The van der Waals surface area contributed by atoms with Crippen molar-refractivity contribution in [2.75, 3.05) is 6.61 Å². The summed E-state index contributed by atoms with van der Waals surface area (Å²) >= 11 is 17.8. The second kappa shape index (κ2) is 7.73. The Bertz CT molecular complexity index is 810. The lowest BCUT2D eigenvalue weighted by Gasteiger charge is -2.13. The van der Waals surface area contributed by atoms with Gasteiger partial charge in [0.2, 0.25) is 10.0 Å². The fourth-order valence-electron chi connectivity index (χ4n) is 1.88. The Morgan fingerprint density at radius 1 is 1.04 bits per heavy atom. The van der Waals surface area contributed by atoms with Crippen LogP contribution in [0.5, 0.6) is 5.75 Å². The molecule has 0 spiro atoms. The molecule has 0 atom stereocenters. The van der Waals surface area contributed by atoms with Crippen molar-refractivity contribution in [1.82, 2.24) is 4.72 Å². The number of rotatable bonds is 6. The van der Waals surface area contributed by atoms with E-state index in [4.69, 9.17) is 39.5 Å². The zero-order valence-electron chi connectivity index (χ0n) is 12.1. The van der Waals surface area contributed by atoms with Gasteiger partial charge in [-0.25, -0.2) is 13.1 Å². The predicted molar refractivity (Wildman–Crippen MR) is 93.1 cm³/mol. The molecule has 2 rings (SSSR count). The molecule has 0 unspecified atom stereocenters. The molecule has 2 aromatic rings. The molecule has 0 radical (unpaired) electrons. The van der Waals surface area contributed by atoms with Crippen molar-refractivity contribution in [3.05, 3.63) is 57.0 Å². The zero-order valence-corrected chi connectivity index (χ0v) is 15.2. The highest BCUT2D eigenvalue weighted by molar-refractivity contribution is 7.89. The third-order valence-corrected chi connectivity index (χ3v) is 5.21. The lowest BCUT2D eigenvalue weighted by atomic mass is 10.2. The van der Waals surface area contributed by atoms with Crippen molar-refractivity contribution >= 4 is 44.8 Å². The summed E-state index contributed by atoms with van der Waals surface area (Å²) in [6.45, 7) is 2.13. The highest BCUT2D eigenvalue weighted by Gasteiger charge is 2.20. The summed E-state index contributed by atoms with van der Waals surface area (Å²) in [7, 11) is -3.81. The smallest absolute Gasteiger partial charge is 0.244 e. The number of halogens is 3. The predicted octanol–water partition coefficient (Wildman–Crippen LogP) is 4.52. The molecule has 2 aromatic carbocycles. The van der Waals surface area contributed by atoms with Crippen LogP contribution in [0.4, 0.5) is 0 Å². The molecule has 4 nitrogen and oxygen atoms in total. The minimum absolute atomic E-state index is 0.0167. The van der Waals surface area contributed by atoms with Crippen LogP contribution in [0.1, 0.15) is 12.5 Å². The maximum absolute atomic E-state index is 12.5. The number of hydrogen-bond donors (Lipinski definition) is 1. The fourth-order valence-corrected chi connectivity index (χ4v) is 3.77. The Balaban J connectivity index is 2.27. The van der Waals surface area contributed by atoms with Gasteiger partial charge in [-0.15, -0.1) is 0 Å². The van der Waals surface area contributed by atoms with Crippen molar-refractivity contribution in [2.24, 2.45) is 0 Å². The van der Waals surface area contributed by atoms with Gasteiger partial charge in [0.25, 0.3) is 0 Å². The molecule has 8 heteroatoms. The molecule has 0 aliphatic carbocycles. The molecule has 23 heavy (non-hydrogen) atoms. The van der Waals surface area contributed by atoms with Gasteiger partial charge in [0, 0.05) is 21.6 Å². The first-order valence-electron chi connectivity index (χ1n) is 6.69. The monoisotopic (exact) mass is 393 g/mol. The van der Waals surface area contributed by atoms with Crippen LogP contribution in [0.2, 0.25) is 15.1 Å². The maximum atomic E-state index is 12.5. The number of hydrogen-bond acceptors (Lipinski definition) is 3. The van der Waals surface area contributed by atoms with Crippen LogP contribution in [-0.2, 0) is 16.6 Å². The molecule has 1 N–H and O–H groups in total. The first-order chi connectivity index (χ1) is 10.8. The first kappa shape index (κ1) is 18.4. The topological polar surface area (TPSA) is 55.4 Å². The van der Waals surface area contributed by atoms with Gasteiger partial charge >= 0.3 is 0 Å². The van der Waals surface area contributed by atoms with Crippen LogP contribution >= 0.6 is 34.8 Å². The van der Waals surface area contributed by atoms with E-state index in [1.165, 1.54) is 12.1 Å². The van der Waals surface area contributed by atoms with Gasteiger partial charge in [-0.2, -0.15) is 0 Å². The van der Waals surface area contributed by atoms with Crippen molar-refractivity contribution in [2.45, 2.75) is 18.4 Å². The normalized spacial score (nSPS) is 11.5. The van der Waals surface area contributed by atoms with Crippen LogP contribution in [0.3, 0.4) is 0 Å². The molecule has 0 bridgehead atoms. The van der Waals surface area contributed by atoms with Gasteiger partial charge in [-0.3, -0.25) is 0 Å². The van der Waals surface area contributed by atoms with Crippen LogP contribution in [0.15, 0.2) is 41.3 Å². The molecule has 0 heterocycles. The van der Waals surface area contributed by atoms with Crippen molar-refractivity contribution < 1.29 is 13.2 Å². The van der Waals surface area contributed by atoms with Gasteiger partial charge in [0.05, 0.1) is 6.61 Å². The minimum Gasteiger partial charge on any atom is -0.492 e. The third-order valence-electron chi connectivity index (χ3n) is 2.96. The lowest BCUT2D eigenvalue weighted by Crippen LogP contribution is -2.24. The van der Waals surface area contributed by atoms with E-state index in [0.29, 0.717) is 27.2 Å². The van der Waals surface area contributed by atoms with Crippen LogP contribution in [0, 0.1) is 0 Å².